The number of carbonyl (C=O) groups is 1. The third-order valence-electron chi connectivity index (χ3n) is 5.39. The third kappa shape index (κ3) is 6.05. The Morgan fingerprint density at radius 3 is 2.26 bits per heavy atom. The van der Waals surface area contributed by atoms with Crippen LogP contribution in [0.25, 0.3) is 17.2 Å². The molecule has 158 valence electrons. The molecule has 4 rings (SSSR count). The lowest BCUT2D eigenvalue weighted by Crippen LogP contribution is -2.21. The molecule has 0 aromatic heterocycles. The van der Waals surface area contributed by atoms with Crippen LogP contribution in [0, 0.1) is 0 Å². The van der Waals surface area contributed by atoms with Gasteiger partial charge in [0.2, 0.25) is 5.91 Å². The molecule has 5 heteroatoms. The molecular weight excluding hydrogens is 408 g/mol. The van der Waals surface area contributed by atoms with Gasteiger partial charge in [0.25, 0.3) is 0 Å². The Hall–Kier alpha value is -2.92. The first-order chi connectivity index (χ1) is 15.0. The summed E-state index contributed by atoms with van der Waals surface area (Å²) in [5, 5.41) is 13.2. The minimum absolute atomic E-state index is 0.172. The number of aliphatic hydroxyl groups excluding tert-OH is 1. The zero-order chi connectivity index (χ0) is 21.6. The van der Waals surface area contributed by atoms with Gasteiger partial charge in [0.15, 0.2) is 0 Å². The second kappa shape index (κ2) is 9.92. The summed E-state index contributed by atoms with van der Waals surface area (Å²) in [5.74, 6) is -0.172. The number of anilines is 1. The molecule has 2 N–H and O–H groups in total. The molecule has 3 aromatic rings. The molecule has 1 fully saturated rings. The first kappa shape index (κ1) is 21.3. The Kier molecular flexibility index (Phi) is 6.82. The topological polar surface area (TPSA) is 52.6 Å². The quantitative estimate of drug-likeness (QED) is 0.524. The maximum absolute atomic E-state index is 12.3. The van der Waals surface area contributed by atoms with Gasteiger partial charge in [0.05, 0.1) is 6.10 Å². The van der Waals surface area contributed by atoms with Crippen molar-refractivity contribution in [1.82, 2.24) is 4.90 Å². The van der Waals surface area contributed by atoms with Gasteiger partial charge in [-0.05, 0) is 59.0 Å². The second-order valence-corrected chi connectivity index (χ2v) is 8.26. The van der Waals surface area contributed by atoms with E-state index >= 15 is 0 Å². The van der Waals surface area contributed by atoms with Crippen LogP contribution in [0.5, 0.6) is 0 Å². The average Bonchev–Trinajstić information content (AvgIpc) is 3.19. The van der Waals surface area contributed by atoms with Gasteiger partial charge in [0.1, 0.15) is 0 Å². The molecule has 0 radical (unpaired) electrons. The summed E-state index contributed by atoms with van der Waals surface area (Å²) < 4.78 is 0. The van der Waals surface area contributed by atoms with Gasteiger partial charge < -0.3 is 10.4 Å². The number of nitrogens with zero attached hydrogens (tertiary/aromatic N) is 1. The van der Waals surface area contributed by atoms with Crippen molar-refractivity contribution in [3.8, 4) is 11.1 Å². The summed E-state index contributed by atoms with van der Waals surface area (Å²) in [4.78, 5) is 14.5. The summed E-state index contributed by atoms with van der Waals surface area (Å²) in [7, 11) is 0. The van der Waals surface area contributed by atoms with Crippen LogP contribution in [-0.2, 0) is 11.3 Å². The number of nitrogens with one attached hydrogen (secondary N) is 1. The normalized spacial score (nSPS) is 16.6. The number of hydrogen-bond donors (Lipinski definition) is 2. The number of likely N-dealkylation sites (tertiary alicyclic amines) is 1. The zero-order valence-electron chi connectivity index (χ0n) is 17.2. The van der Waals surface area contributed by atoms with Crippen LogP contribution in [0.3, 0.4) is 0 Å². The van der Waals surface area contributed by atoms with Gasteiger partial charge in [-0.2, -0.15) is 0 Å². The number of aliphatic hydroxyl groups is 1. The minimum atomic E-state index is -0.200. The van der Waals surface area contributed by atoms with Crippen LogP contribution in [-0.4, -0.2) is 35.1 Å². The fraction of sp³-hybridized carbons (Fsp3) is 0.192. The fourth-order valence-corrected chi connectivity index (χ4v) is 3.82. The molecule has 0 saturated carbocycles. The largest absolute Gasteiger partial charge is 0.392 e. The maximum Gasteiger partial charge on any atom is 0.248 e. The molecular formula is C26H25ClN2O2. The van der Waals surface area contributed by atoms with E-state index in [0.29, 0.717) is 5.02 Å². The van der Waals surface area contributed by atoms with Gasteiger partial charge in [-0.15, -0.1) is 0 Å². The molecule has 1 atom stereocenters. The Balaban J connectivity index is 1.30. The number of amides is 1. The number of rotatable bonds is 6. The molecule has 1 heterocycles. The van der Waals surface area contributed by atoms with Crippen molar-refractivity contribution in [2.45, 2.75) is 19.1 Å². The van der Waals surface area contributed by atoms with E-state index in [2.05, 4.69) is 22.3 Å². The second-order valence-electron chi connectivity index (χ2n) is 7.83. The molecule has 0 bridgehead atoms. The number of benzene rings is 3. The van der Waals surface area contributed by atoms with Crippen molar-refractivity contribution in [2.24, 2.45) is 0 Å². The minimum Gasteiger partial charge on any atom is -0.392 e. The van der Waals surface area contributed by atoms with Crippen molar-refractivity contribution in [3.63, 3.8) is 0 Å². The first-order valence-corrected chi connectivity index (χ1v) is 10.8. The lowest BCUT2D eigenvalue weighted by molar-refractivity contribution is -0.111. The van der Waals surface area contributed by atoms with E-state index in [0.717, 1.165) is 48.4 Å². The average molecular weight is 433 g/mol. The maximum atomic E-state index is 12.3. The Labute approximate surface area is 187 Å². The van der Waals surface area contributed by atoms with E-state index in [1.807, 2.05) is 60.7 Å². The van der Waals surface area contributed by atoms with Crippen molar-refractivity contribution >= 4 is 29.3 Å². The molecule has 3 aromatic carbocycles. The molecule has 0 unspecified atom stereocenters. The van der Waals surface area contributed by atoms with Crippen LogP contribution >= 0.6 is 11.6 Å². The van der Waals surface area contributed by atoms with Crippen LogP contribution in [0.2, 0.25) is 5.02 Å². The smallest absolute Gasteiger partial charge is 0.248 e. The highest BCUT2D eigenvalue weighted by atomic mass is 35.5. The highest BCUT2D eigenvalue weighted by Gasteiger charge is 2.19. The van der Waals surface area contributed by atoms with Crippen LogP contribution < -0.4 is 5.32 Å². The van der Waals surface area contributed by atoms with Crippen molar-refractivity contribution in [2.75, 3.05) is 18.4 Å². The van der Waals surface area contributed by atoms with E-state index in [1.54, 1.807) is 12.2 Å². The predicted molar refractivity (Wildman–Crippen MR) is 127 cm³/mol. The van der Waals surface area contributed by atoms with Gasteiger partial charge in [-0.3, -0.25) is 9.69 Å². The highest BCUT2D eigenvalue weighted by Crippen LogP contribution is 2.23. The molecule has 0 aliphatic carbocycles. The SMILES string of the molecule is O=C(C=Cc1ccc(CN2CC[C@H](O)C2)cc1)Nc1ccc(-c2ccc(Cl)cc2)cc1. The molecule has 1 aliphatic rings. The monoisotopic (exact) mass is 432 g/mol. The van der Waals surface area contributed by atoms with Crippen molar-refractivity contribution in [1.29, 1.82) is 0 Å². The number of β-amino-alcohol motifs (C(OH)–C–C–N with tert-alkyl or cyclic N) is 1. The number of hydrogen-bond acceptors (Lipinski definition) is 3. The molecule has 4 nitrogen and oxygen atoms in total. The van der Waals surface area contributed by atoms with E-state index in [-0.39, 0.29) is 12.0 Å². The first-order valence-electron chi connectivity index (χ1n) is 10.4. The highest BCUT2D eigenvalue weighted by molar-refractivity contribution is 6.30. The summed E-state index contributed by atoms with van der Waals surface area (Å²) in [6.45, 7) is 2.51. The Bertz CT molecular complexity index is 1040. The van der Waals surface area contributed by atoms with Gasteiger partial charge >= 0.3 is 0 Å². The molecule has 31 heavy (non-hydrogen) atoms. The number of carbonyl (C=O) groups excluding carboxylic acids is 1. The summed E-state index contributed by atoms with van der Waals surface area (Å²) >= 11 is 5.94. The molecule has 1 aliphatic heterocycles. The van der Waals surface area contributed by atoms with Gasteiger partial charge in [0, 0.05) is 36.4 Å². The number of halogens is 1. The predicted octanol–water partition coefficient (Wildman–Crippen LogP) is 5.23. The van der Waals surface area contributed by atoms with E-state index in [4.69, 9.17) is 11.6 Å². The van der Waals surface area contributed by atoms with Gasteiger partial charge in [-0.25, -0.2) is 0 Å². The van der Waals surface area contributed by atoms with Crippen molar-refractivity contribution < 1.29 is 9.90 Å². The zero-order valence-corrected chi connectivity index (χ0v) is 17.9. The molecule has 1 amide bonds. The molecule has 1 saturated heterocycles. The lowest BCUT2D eigenvalue weighted by atomic mass is 10.1. The van der Waals surface area contributed by atoms with Crippen molar-refractivity contribution in [3.05, 3.63) is 95.0 Å². The summed E-state index contributed by atoms with van der Waals surface area (Å²) in [6.07, 6.45) is 3.99. The van der Waals surface area contributed by atoms with Crippen LogP contribution in [0.15, 0.2) is 78.9 Å². The van der Waals surface area contributed by atoms with E-state index < -0.39 is 0 Å². The van der Waals surface area contributed by atoms with Gasteiger partial charge in [-0.1, -0.05) is 60.1 Å². The van der Waals surface area contributed by atoms with E-state index in [9.17, 15) is 9.90 Å². The third-order valence-corrected chi connectivity index (χ3v) is 5.64. The van der Waals surface area contributed by atoms with Crippen LogP contribution in [0.4, 0.5) is 5.69 Å². The standard InChI is InChI=1S/C26H25ClN2O2/c27-23-10-6-21(7-11-23)22-8-12-24(13-9-22)28-26(31)14-5-19-1-3-20(4-2-19)17-29-16-15-25(30)18-29/h1-14,25,30H,15-18H2,(H,28,31)/t25-/m0/s1. The summed E-state index contributed by atoms with van der Waals surface area (Å²) in [6, 6.07) is 23.5. The summed E-state index contributed by atoms with van der Waals surface area (Å²) in [5.41, 5.74) is 5.06. The Morgan fingerprint density at radius 1 is 1.00 bits per heavy atom. The van der Waals surface area contributed by atoms with E-state index in [1.165, 1.54) is 5.56 Å². The lowest BCUT2D eigenvalue weighted by Gasteiger charge is -2.14. The van der Waals surface area contributed by atoms with Crippen LogP contribution in [0.1, 0.15) is 17.5 Å². The fourth-order valence-electron chi connectivity index (χ4n) is 3.69. The Morgan fingerprint density at radius 2 is 1.65 bits per heavy atom. The molecule has 0 spiro atoms.